The molecule has 1 aliphatic carbocycles. The molecule has 1 amide bonds. The van der Waals surface area contributed by atoms with E-state index in [4.69, 9.17) is 0 Å². The molecular formula is C20H29N3O3S. The number of hydrogen-bond acceptors (Lipinski definition) is 4. The van der Waals surface area contributed by atoms with E-state index < -0.39 is 10.0 Å². The molecule has 27 heavy (non-hydrogen) atoms. The van der Waals surface area contributed by atoms with Crippen LogP contribution in [0.25, 0.3) is 0 Å². The smallest absolute Gasteiger partial charge is 0.253 e. The molecule has 3 fully saturated rings. The number of amides is 1. The van der Waals surface area contributed by atoms with Crippen LogP contribution in [0.5, 0.6) is 0 Å². The van der Waals surface area contributed by atoms with Crippen molar-refractivity contribution >= 4 is 15.9 Å². The van der Waals surface area contributed by atoms with E-state index in [0.29, 0.717) is 24.2 Å². The summed E-state index contributed by atoms with van der Waals surface area (Å²) in [4.78, 5) is 17.6. The predicted molar refractivity (Wildman–Crippen MR) is 104 cm³/mol. The second kappa shape index (κ2) is 7.53. The maximum Gasteiger partial charge on any atom is 0.253 e. The number of benzene rings is 1. The van der Waals surface area contributed by atoms with Crippen LogP contribution in [0, 0.1) is 6.92 Å². The molecule has 0 spiro atoms. The fourth-order valence-electron chi connectivity index (χ4n) is 4.17. The first-order valence-corrected chi connectivity index (χ1v) is 11.5. The second-order valence-corrected chi connectivity index (χ2v) is 9.91. The van der Waals surface area contributed by atoms with Gasteiger partial charge in [-0.05, 0) is 50.3 Å². The normalized spacial score (nSPS) is 22.8. The highest BCUT2D eigenvalue weighted by molar-refractivity contribution is 7.89. The third kappa shape index (κ3) is 3.91. The maximum absolute atomic E-state index is 13.1. The lowest BCUT2D eigenvalue weighted by atomic mass is 10.1. The van der Waals surface area contributed by atoms with Gasteiger partial charge in [-0.15, -0.1) is 0 Å². The molecule has 0 radical (unpaired) electrons. The first kappa shape index (κ1) is 18.9. The Kier molecular flexibility index (Phi) is 5.27. The summed E-state index contributed by atoms with van der Waals surface area (Å²) in [5.41, 5.74) is 1.19. The van der Waals surface area contributed by atoms with Crippen molar-refractivity contribution in [3.05, 3.63) is 29.3 Å². The Morgan fingerprint density at radius 1 is 0.963 bits per heavy atom. The number of carbonyl (C=O) groups is 1. The highest BCUT2D eigenvalue weighted by Gasteiger charge is 2.33. The van der Waals surface area contributed by atoms with Gasteiger partial charge in [-0.3, -0.25) is 9.69 Å². The molecule has 2 heterocycles. The first-order valence-electron chi connectivity index (χ1n) is 10.1. The van der Waals surface area contributed by atoms with Crippen molar-refractivity contribution in [2.45, 2.75) is 50.0 Å². The molecule has 1 aromatic carbocycles. The van der Waals surface area contributed by atoms with E-state index in [9.17, 15) is 13.2 Å². The number of nitrogens with zero attached hydrogens (tertiary/aromatic N) is 3. The lowest BCUT2D eigenvalue weighted by Gasteiger charge is -2.35. The number of piperazine rings is 1. The van der Waals surface area contributed by atoms with Gasteiger partial charge in [0.05, 0.1) is 4.90 Å². The Balaban J connectivity index is 1.52. The minimum atomic E-state index is -3.54. The summed E-state index contributed by atoms with van der Waals surface area (Å²) in [5, 5.41) is 0. The van der Waals surface area contributed by atoms with E-state index in [1.54, 1.807) is 29.4 Å². The zero-order valence-corrected chi connectivity index (χ0v) is 16.9. The minimum Gasteiger partial charge on any atom is -0.336 e. The van der Waals surface area contributed by atoms with E-state index >= 15 is 0 Å². The van der Waals surface area contributed by atoms with Gasteiger partial charge in [0.15, 0.2) is 0 Å². The zero-order chi connectivity index (χ0) is 19.0. The van der Waals surface area contributed by atoms with Crippen molar-refractivity contribution < 1.29 is 13.2 Å². The third-order valence-corrected chi connectivity index (χ3v) is 8.07. The van der Waals surface area contributed by atoms with Crippen LogP contribution in [0.4, 0.5) is 0 Å². The van der Waals surface area contributed by atoms with Crippen LogP contribution in [-0.4, -0.2) is 73.7 Å². The Morgan fingerprint density at radius 3 is 2.26 bits per heavy atom. The summed E-state index contributed by atoms with van der Waals surface area (Å²) in [6, 6.07) is 5.85. The standard InChI is InChI=1S/C20H29N3O3S/c1-16-5-6-17(15-19(16)27(25,26)23-9-3-2-4-10-23)20(24)22-13-11-21(12-14-22)18-7-8-18/h5-6,15,18H,2-4,7-14H2,1H3. The SMILES string of the molecule is Cc1ccc(C(=O)N2CCN(C3CC3)CC2)cc1S(=O)(=O)N1CCCCC1. The topological polar surface area (TPSA) is 60.9 Å². The van der Waals surface area contributed by atoms with Gasteiger partial charge < -0.3 is 4.90 Å². The van der Waals surface area contributed by atoms with E-state index in [1.165, 1.54) is 12.8 Å². The molecule has 2 saturated heterocycles. The Morgan fingerprint density at radius 2 is 1.63 bits per heavy atom. The predicted octanol–water partition coefficient (Wildman–Crippen LogP) is 2.09. The van der Waals surface area contributed by atoms with Gasteiger partial charge >= 0.3 is 0 Å². The van der Waals surface area contributed by atoms with Gasteiger partial charge in [-0.25, -0.2) is 8.42 Å². The van der Waals surface area contributed by atoms with Gasteiger partial charge in [0.1, 0.15) is 0 Å². The highest BCUT2D eigenvalue weighted by Crippen LogP contribution is 2.28. The van der Waals surface area contributed by atoms with Crippen LogP contribution < -0.4 is 0 Å². The largest absolute Gasteiger partial charge is 0.336 e. The lowest BCUT2D eigenvalue weighted by Crippen LogP contribution is -2.49. The van der Waals surface area contributed by atoms with Crippen molar-refractivity contribution in [2.24, 2.45) is 0 Å². The minimum absolute atomic E-state index is 0.0551. The molecule has 0 atom stereocenters. The average molecular weight is 392 g/mol. The summed E-state index contributed by atoms with van der Waals surface area (Å²) in [6.45, 7) is 6.23. The highest BCUT2D eigenvalue weighted by atomic mass is 32.2. The van der Waals surface area contributed by atoms with Gasteiger partial charge in [-0.1, -0.05) is 12.5 Å². The van der Waals surface area contributed by atoms with Crippen LogP contribution >= 0.6 is 0 Å². The molecule has 0 bridgehead atoms. The summed E-state index contributed by atoms with van der Waals surface area (Å²) in [5.74, 6) is -0.0551. The molecule has 1 aromatic rings. The van der Waals surface area contributed by atoms with E-state index in [2.05, 4.69) is 4.90 Å². The summed E-state index contributed by atoms with van der Waals surface area (Å²) in [7, 11) is -3.54. The molecule has 0 aromatic heterocycles. The lowest BCUT2D eigenvalue weighted by molar-refractivity contribution is 0.0627. The second-order valence-electron chi connectivity index (χ2n) is 8.00. The maximum atomic E-state index is 13.1. The average Bonchev–Trinajstić information content (AvgIpc) is 3.54. The Hall–Kier alpha value is -1.44. The Labute approximate surface area is 162 Å². The molecule has 148 valence electrons. The summed E-state index contributed by atoms with van der Waals surface area (Å²) >= 11 is 0. The van der Waals surface area contributed by atoms with Crippen LogP contribution in [0.3, 0.4) is 0 Å². The van der Waals surface area contributed by atoms with E-state index in [-0.39, 0.29) is 10.8 Å². The molecule has 0 unspecified atom stereocenters. The zero-order valence-electron chi connectivity index (χ0n) is 16.1. The molecular weight excluding hydrogens is 362 g/mol. The summed E-state index contributed by atoms with van der Waals surface area (Å²) in [6.07, 6.45) is 5.45. The van der Waals surface area contributed by atoms with Crippen molar-refractivity contribution in [1.82, 2.24) is 14.1 Å². The molecule has 1 saturated carbocycles. The van der Waals surface area contributed by atoms with Gasteiger partial charge in [0.2, 0.25) is 10.0 Å². The number of hydrogen-bond donors (Lipinski definition) is 0. The third-order valence-electron chi connectivity index (χ3n) is 6.03. The Bertz CT molecular complexity index is 806. The number of aryl methyl sites for hydroxylation is 1. The van der Waals surface area contributed by atoms with Gasteiger partial charge in [-0.2, -0.15) is 4.31 Å². The molecule has 3 aliphatic rings. The fraction of sp³-hybridized carbons (Fsp3) is 0.650. The van der Waals surface area contributed by atoms with Crippen molar-refractivity contribution in [2.75, 3.05) is 39.3 Å². The first-order chi connectivity index (χ1) is 13.0. The molecule has 7 heteroatoms. The van der Waals surface area contributed by atoms with E-state index in [0.717, 1.165) is 51.5 Å². The van der Waals surface area contributed by atoms with Gasteiger partial charge in [0.25, 0.3) is 5.91 Å². The number of rotatable bonds is 4. The molecule has 6 nitrogen and oxygen atoms in total. The fourth-order valence-corrected chi connectivity index (χ4v) is 5.94. The number of piperidine rings is 1. The van der Waals surface area contributed by atoms with Crippen molar-refractivity contribution in [3.8, 4) is 0 Å². The quantitative estimate of drug-likeness (QED) is 0.789. The van der Waals surface area contributed by atoms with Crippen molar-refractivity contribution in [1.29, 1.82) is 0 Å². The molecule has 2 aliphatic heterocycles. The summed E-state index contributed by atoms with van der Waals surface area (Å²) < 4.78 is 27.7. The van der Waals surface area contributed by atoms with Crippen LogP contribution in [0.15, 0.2) is 23.1 Å². The number of carbonyl (C=O) groups excluding carboxylic acids is 1. The van der Waals surface area contributed by atoms with E-state index in [1.807, 2.05) is 4.90 Å². The van der Waals surface area contributed by atoms with Gasteiger partial charge in [0, 0.05) is 50.9 Å². The van der Waals surface area contributed by atoms with Crippen LogP contribution in [0.1, 0.15) is 48.0 Å². The monoisotopic (exact) mass is 391 g/mol. The molecule has 0 N–H and O–H groups in total. The van der Waals surface area contributed by atoms with Crippen LogP contribution in [-0.2, 0) is 10.0 Å². The van der Waals surface area contributed by atoms with Crippen LogP contribution in [0.2, 0.25) is 0 Å². The molecule has 4 rings (SSSR count). The van der Waals surface area contributed by atoms with Crippen molar-refractivity contribution in [3.63, 3.8) is 0 Å². The number of sulfonamides is 1.